The predicted octanol–water partition coefficient (Wildman–Crippen LogP) is 0.557. The summed E-state index contributed by atoms with van der Waals surface area (Å²) in [5.74, 6) is 0. The molecule has 122 valence electrons. The number of rotatable bonds is 4. The number of nitrogens with zero attached hydrogens (tertiary/aromatic N) is 2. The van der Waals surface area contributed by atoms with E-state index in [9.17, 15) is 8.42 Å². The zero-order valence-corrected chi connectivity index (χ0v) is 13.8. The van der Waals surface area contributed by atoms with E-state index in [4.69, 9.17) is 4.74 Å². The van der Waals surface area contributed by atoms with E-state index in [0.29, 0.717) is 13.1 Å². The summed E-state index contributed by atoms with van der Waals surface area (Å²) in [5, 5.41) is 0. The highest BCUT2D eigenvalue weighted by Gasteiger charge is 2.35. The van der Waals surface area contributed by atoms with Gasteiger partial charge in [0.05, 0.1) is 12.2 Å². The molecule has 2 aliphatic heterocycles. The van der Waals surface area contributed by atoms with E-state index >= 15 is 0 Å². The van der Waals surface area contributed by atoms with Crippen LogP contribution in [0.3, 0.4) is 0 Å². The lowest BCUT2D eigenvalue weighted by atomic mass is 10.1. The van der Waals surface area contributed by atoms with E-state index in [1.165, 1.54) is 12.8 Å². The van der Waals surface area contributed by atoms with Gasteiger partial charge >= 0.3 is 0 Å². The SMILES string of the molecule is CC1CN(S(=O)(=O)NC2CCN(C3CC3)CC2)CC(C)O1. The molecule has 7 heteroatoms. The van der Waals surface area contributed by atoms with Gasteiger partial charge in [-0.15, -0.1) is 0 Å². The van der Waals surface area contributed by atoms with Crippen LogP contribution in [0.2, 0.25) is 0 Å². The molecule has 2 unspecified atom stereocenters. The highest BCUT2D eigenvalue weighted by molar-refractivity contribution is 7.87. The smallest absolute Gasteiger partial charge is 0.279 e. The molecule has 0 aromatic heterocycles. The molecule has 3 fully saturated rings. The molecule has 0 amide bonds. The minimum absolute atomic E-state index is 0.0398. The fourth-order valence-corrected chi connectivity index (χ4v) is 5.05. The molecule has 2 saturated heterocycles. The number of hydrogen-bond acceptors (Lipinski definition) is 4. The summed E-state index contributed by atoms with van der Waals surface area (Å²) in [6, 6.07) is 0.863. The first-order valence-electron chi connectivity index (χ1n) is 8.11. The number of hydrogen-bond donors (Lipinski definition) is 1. The van der Waals surface area contributed by atoms with Gasteiger partial charge < -0.3 is 9.64 Å². The summed E-state index contributed by atoms with van der Waals surface area (Å²) < 4.78 is 35.1. The molecule has 0 bridgehead atoms. The first kappa shape index (κ1) is 15.7. The molecule has 0 aromatic rings. The lowest BCUT2D eigenvalue weighted by Gasteiger charge is -2.37. The molecule has 0 radical (unpaired) electrons. The second kappa shape index (κ2) is 6.12. The molecule has 1 aliphatic carbocycles. The van der Waals surface area contributed by atoms with Crippen molar-refractivity contribution < 1.29 is 13.2 Å². The molecule has 2 heterocycles. The van der Waals surface area contributed by atoms with Crippen LogP contribution in [0.5, 0.6) is 0 Å². The zero-order chi connectivity index (χ0) is 15.0. The van der Waals surface area contributed by atoms with Gasteiger partial charge in [-0.2, -0.15) is 17.4 Å². The summed E-state index contributed by atoms with van der Waals surface area (Å²) in [4.78, 5) is 2.50. The molecule has 0 spiro atoms. The molecule has 3 rings (SSSR count). The van der Waals surface area contributed by atoms with Crippen LogP contribution in [-0.4, -0.2) is 68.1 Å². The van der Waals surface area contributed by atoms with E-state index in [1.807, 2.05) is 13.8 Å². The number of nitrogens with one attached hydrogen (secondary N) is 1. The monoisotopic (exact) mass is 317 g/mol. The maximum atomic E-state index is 12.5. The van der Waals surface area contributed by atoms with E-state index in [1.54, 1.807) is 4.31 Å². The summed E-state index contributed by atoms with van der Waals surface area (Å²) in [6.45, 7) is 6.78. The van der Waals surface area contributed by atoms with E-state index < -0.39 is 10.2 Å². The number of piperidine rings is 1. The predicted molar refractivity (Wildman–Crippen MR) is 81.3 cm³/mol. The number of likely N-dealkylation sites (tertiary alicyclic amines) is 1. The van der Waals surface area contributed by atoms with E-state index in [0.717, 1.165) is 32.0 Å². The van der Waals surface area contributed by atoms with Crippen molar-refractivity contribution in [1.82, 2.24) is 13.9 Å². The Kier molecular flexibility index (Phi) is 4.57. The number of ether oxygens (including phenoxy) is 1. The van der Waals surface area contributed by atoms with Crippen LogP contribution in [0.4, 0.5) is 0 Å². The minimum Gasteiger partial charge on any atom is -0.373 e. The molecular formula is C14H27N3O3S. The minimum atomic E-state index is -3.39. The van der Waals surface area contributed by atoms with Gasteiger partial charge in [-0.1, -0.05) is 0 Å². The maximum Gasteiger partial charge on any atom is 0.279 e. The highest BCUT2D eigenvalue weighted by atomic mass is 32.2. The lowest BCUT2D eigenvalue weighted by molar-refractivity contribution is -0.0445. The third-order valence-electron chi connectivity index (χ3n) is 4.63. The van der Waals surface area contributed by atoms with E-state index in [2.05, 4.69) is 9.62 Å². The van der Waals surface area contributed by atoms with Gasteiger partial charge in [-0.25, -0.2) is 0 Å². The van der Waals surface area contributed by atoms with E-state index in [-0.39, 0.29) is 18.2 Å². The van der Waals surface area contributed by atoms with Gasteiger partial charge in [0.25, 0.3) is 10.2 Å². The molecule has 2 atom stereocenters. The Morgan fingerprint density at radius 3 is 2.10 bits per heavy atom. The quantitative estimate of drug-likeness (QED) is 0.823. The average Bonchev–Trinajstić information content (AvgIpc) is 3.22. The van der Waals surface area contributed by atoms with Crippen molar-refractivity contribution in [2.24, 2.45) is 0 Å². The summed E-state index contributed by atoms with van der Waals surface area (Å²) >= 11 is 0. The Bertz CT molecular complexity index is 448. The second-order valence-corrected chi connectivity index (χ2v) is 8.44. The Labute approximate surface area is 128 Å². The van der Waals surface area contributed by atoms with Crippen LogP contribution in [0.15, 0.2) is 0 Å². The topological polar surface area (TPSA) is 61.9 Å². The third kappa shape index (κ3) is 3.96. The van der Waals surface area contributed by atoms with Crippen LogP contribution in [0, 0.1) is 0 Å². The van der Waals surface area contributed by atoms with Crippen molar-refractivity contribution in [2.75, 3.05) is 26.2 Å². The van der Waals surface area contributed by atoms with Gasteiger partial charge in [0, 0.05) is 25.2 Å². The molecule has 1 N–H and O–H groups in total. The normalized spacial score (nSPS) is 34.2. The standard InChI is InChI=1S/C14H27N3O3S/c1-11-9-17(10-12(2)20-11)21(18,19)15-13-5-7-16(8-6-13)14-3-4-14/h11-15H,3-10H2,1-2H3. The largest absolute Gasteiger partial charge is 0.373 e. The van der Waals surface area contributed by atoms with Crippen molar-refractivity contribution in [3.63, 3.8) is 0 Å². The molecular weight excluding hydrogens is 290 g/mol. The first-order chi connectivity index (χ1) is 9.94. The van der Waals surface area contributed by atoms with Gasteiger partial charge in [-0.05, 0) is 52.6 Å². The summed E-state index contributed by atoms with van der Waals surface area (Å²) in [7, 11) is -3.39. The maximum absolute atomic E-state index is 12.5. The van der Waals surface area contributed by atoms with Crippen LogP contribution >= 0.6 is 0 Å². The Hall–Kier alpha value is -0.210. The van der Waals surface area contributed by atoms with Crippen LogP contribution in [-0.2, 0) is 14.9 Å². The third-order valence-corrected chi connectivity index (χ3v) is 6.24. The molecule has 3 aliphatic rings. The molecule has 21 heavy (non-hydrogen) atoms. The second-order valence-electron chi connectivity index (χ2n) is 6.74. The van der Waals surface area contributed by atoms with Crippen molar-refractivity contribution in [3.8, 4) is 0 Å². The van der Waals surface area contributed by atoms with Crippen molar-refractivity contribution in [1.29, 1.82) is 0 Å². The average molecular weight is 317 g/mol. The van der Waals surface area contributed by atoms with Gasteiger partial charge in [0.1, 0.15) is 0 Å². The first-order valence-corrected chi connectivity index (χ1v) is 9.55. The van der Waals surface area contributed by atoms with Crippen LogP contribution in [0.1, 0.15) is 39.5 Å². The fraction of sp³-hybridized carbons (Fsp3) is 1.00. The number of morpholine rings is 1. The van der Waals surface area contributed by atoms with Gasteiger partial charge in [0.15, 0.2) is 0 Å². The fourth-order valence-electron chi connectivity index (χ4n) is 3.43. The van der Waals surface area contributed by atoms with Gasteiger partial charge in [-0.3, -0.25) is 0 Å². The molecule has 1 saturated carbocycles. The van der Waals surface area contributed by atoms with Crippen molar-refractivity contribution >= 4 is 10.2 Å². The Morgan fingerprint density at radius 2 is 1.57 bits per heavy atom. The Balaban J connectivity index is 1.53. The summed E-state index contributed by atoms with van der Waals surface area (Å²) in [6.07, 6.45) is 4.40. The van der Waals surface area contributed by atoms with Crippen molar-refractivity contribution in [3.05, 3.63) is 0 Å². The summed E-state index contributed by atoms with van der Waals surface area (Å²) in [5.41, 5.74) is 0. The molecule has 0 aromatic carbocycles. The lowest BCUT2D eigenvalue weighted by Crippen LogP contribution is -2.55. The Morgan fingerprint density at radius 1 is 1.00 bits per heavy atom. The van der Waals surface area contributed by atoms with Gasteiger partial charge in [0.2, 0.25) is 0 Å². The molecule has 6 nitrogen and oxygen atoms in total. The van der Waals surface area contributed by atoms with Crippen molar-refractivity contribution in [2.45, 2.75) is 63.8 Å². The highest BCUT2D eigenvalue weighted by Crippen LogP contribution is 2.29. The van der Waals surface area contributed by atoms with Crippen LogP contribution < -0.4 is 4.72 Å². The zero-order valence-electron chi connectivity index (χ0n) is 13.0. The van der Waals surface area contributed by atoms with Crippen LogP contribution in [0.25, 0.3) is 0 Å².